The molecule has 0 bridgehead atoms. The molecule has 25 heavy (non-hydrogen) atoms. The van der Waals surface area contributed by atoms with Crippen molar-refractivity contribution < 1.29 is 4.40 Å². The summed E-state index contributed by atoms with van der Waals surface area (Å²) in [6.07, 6.45) is 5.95. The van der Waals surface area contributed by atoms with E-state index in [0.29, 0.717) is 12.5 Å². The van der Waals surface area contributed by atoms with Crippen LogP contribution in [0, 0.1) is 6.92 Å². The Kier molecular flexibility index (Phi) is 4.79. The number of aryl methyl sites for hydroxylation is 2. The second kappa shape index (κ2) is 7.17. The van der Waals surface area contributed by atoms with Crippen LogP contribution in [0.2, 0.25) is 0 Å². The van der Waals surface area contributed by atoms with Crippen molar-refractivity contribution in [3.63, 3.8) is 0 Å². The van der Waals surface area contributed by atoms with Crippen molar-refractivity contribution in [1.29, 1.82) is 0 Å². The fraction of sp³-hybridized carbons (Fsp3) is 0.211. The van der Waals surface area contributed by atoms with Crippen LogP contribution in [-0.4, -0.2) is 23.3 Å². The number of benzene rings is 1. The summed E-state index contributed by atoms with van der Waals surface area (Å²) >= 11 is 0. The number of hydrogen-bond acceptors (Lipinski definition) is 2. The zero-order chi connectivity index (χ0) is 17.8. The summed E-state index contributed by atoms with van der Waals surface area (Å²) in [4.78, 5) is 4.01. The number of aliphatic imine (C=N–C) groups is 1. The SMILES string of the molecule is CCN=C(N)N/N=C/c1ccc(-c2c[n+]3ccc(C)cc3n2C)cc1. The Morgan fingerprint density at radius 2 is 2.04 bits per heavy atom. The second-order valence-corrected chi connectivity index (χ2v) is 5.89. The Hall–Kier alpha value is -3.15. The lowest BCUT2D eigenvalue weighted by Crippen LogP contribution is -2.27. The maximum atomic E-state index is 5.63. The summed E-state index contributed by atoms with van der Waals surface area (Å²) in [6, 6.07) is 12.5. The van der Waals surface area contributed by atoms with Crippen molar-refractivity contribution in [2.75, 3.05) is 6.54 Å². The number of hydrazone groups is 1. The second-order valence-electron chi connectivity index (χ2n) is 5.89. The molecular formula is C19H23N6+. The Bertz CT molecular complexity index is 934. The summed E-state index contributed by atoms with van der Waals surface area (Å²) in [5.74, 6) is 0.318. The third-order valence-corrected chi connectivity index (χ3v) is 4.01. The molecule has 6 nitrogen and oxygen atoms in total. The molecule has 3 N–H and O–H groups in total. The first kappa shape index (κ1) is 16.7. The van der Waals surface area contributed by atoms with Gasteiger partial charge >= 0.3 is 0 Å². The summed E-state index contributed by atoms with van der Waals surface area (Å²) in [5.41, 5.74) is 14.0. The van der Waals surface area contributed by atoms with Crippen LogP contribution in [-0.2, 0) is 7.05 Å². The summed E-state index contributed by atoms with van der Waals surface area (Å²) in [5, 5.41) is 4.08. The molecule has 2 heterocycles. The van der Waals surface area contributed by atoms with Crippen LogP contribution in [0.4, 0.5) is 0 Å². The fourth-order valence-corrected chi connectivity index (χ4v) is 2.71. The van der Waals surface area contributed by atoms with Gasteiger partial charge in [-0.1, -0.05) is 12.1 Å². The van der Waals surface area contributed by atoms with Gasteiger partial charge in [0.05, 0.1) is 19.5 Å². The predicted octanol–water partition coefficient (Wildman–Crippen LogP) is 2.00. The Morgan fingerprint density at radius 3 is 2.76 bits per heavy atom. The maximum absolute atomic E-state index is 5.63. The van der Waals surface area contributed by atoms with E-state index < -0.39 is 0 Å². The number of rotatable bonds is 4. The van der Waals surface area contributed by atoms with Crippen LogP contribution in [0.1, 0.15) is 18.1 Å². The maximum Gasteiger partial charge on any atom is 0.286 e. The minimum atomic E-state index is 0.318. The number of fused-ring (bicyclic) bond motifs is 1. The Labute approximate surface area is 147 Å². The number of nitrogens with zero attached hydrogens (tertiary/aromatic N) is 4. The molecule has 0 fully saturated rings. The smallest absolute Gasteiger partial charge is 0.286 e. The molecule has 0 aliphatic carbocycles. The van der Waals surface area contributed by atoms with Crippen molar-refractivity contribution in [1.82, 2.24) is 9.99 Å². The van der Waals surface area contributed by atoms with Gasteiger partial charge in [-0.15, -0.1) is 0 Å². The number of nitrogens with one attached hydrogen (secondary N) is 1. The van der Waals surface area contributed by atoms with Gasteiger partial charge in [0.2, 0.25) is 5.96 Å². The highest BCUT2D eigenvalue weighted by Gasteiger charge is 2.15. The molecule has 0 saturated carbocycles. The molecule has 0 spiro atoms. The number of guanidine groups is 1. The summed E-state index contributed by atoms with van der Waals surface area (Å²) in [6.45, 7) is 4.65. The van der Waals surface area contributed by atoms with Gasteiger partial charge in [-0.3, -0.25) is 4.99 Å². The minimum absolute atomic E-state index is 0.318. The molecule has 6 heteroatoms. The number of pyridine rings is 1. The van der Waals surface area contributed by atoms with Gasteiger partial charge in [0.25, 0.3) is 5.65 Å². The predicted molar refractivity (Wildman–Crippen MR) is 102 cm³/mol. The highest BCUT2D eigenvalue weighted by molar-refractivity contribution is 5.83. The van der Waals surface area contributed by atoms with Gasteiger partial charge in [-0.05, 0) is 43.2 Å². The first-order valence-electron chi connectivity index (χ1n) is 8.25. The number of hydrogen-bond donors (Lipinski definition) is 2. The standard InChI is InChI=1S/C19H23N6/c1-4-21-19(20)23-22-12-15-5-7-16(8-6-15)17-13-25-10-9-14(2)11-18(25)24(17)3/h5-13H,4H2,1-3H3,(H3,20,21,23)/q+1/b22-12+. The fourth-order valence-electron chi connectivity index (χ4n) is 2.71. The molecule has 3 rings (SSSR count). The van der Waals surface area contributed by atoms with Crippen LogP contribution in [0.15, 0.2) is 58.9 Å². The van der Waals surface area contributed by atoms with Crippen molar-refractivity contribution in [2.24, 2.45) is 22.9 Å². The van der Waals surface area contributed by atoms with Crippen molar-refractivity contribution >= 4 is 17.8 Å². The van der Waals surface area contributed by atoms with Crippen LogP contribution >= 0.6 is 0 Å². The lowest BCUT2D eigenvalue weighted by atomic mass is 10.1. The first-order valence-corrected chi connectivity index (χ1v) is 8.25. The van der Waals surface area contributed by atoms with Crippen LogP contribution in [0.5, 0.6) is 0 Å². The van der Waals surface area contributed by atoms with Crippen molar-refractivity contribution in [3.05, 3.63) is 59.9 Å². The van der Waals surface area contributed by atoms with Crippen LogP contribution < -0.4 is 15.6 Å². The first-order chi connectivity index (χ1) is 12.1. The van der Waals surface area contributed by atoms with E-state index in [0.717, 1.165) is 22.5 Å². The van der Waals surface area contributed by atoms with E-state index in [2.05, 4.69) is 75.1 Å². The van der Waals surface area contributed by atoms with Gasteiger partial charge in [0, 0.05) is 18.2 Å². The third kappa shape index (κ3) is 3.68. The molecule has 0 atom stereocenters. The summed E-state index contributed by atoms with van der Waals surface area (Å²) < 4.78 is 4.33. The lowest BCUT2D eigenvalue weighted by Gasteiger charge is -2.00. The average Bonchev–Trinajstić information content (AvgIpc) is 2.92. The van der Waals surface area contributed by atoms with Gasteiger partial charge in [0.1, 0.15) is 6.20 Å². The van der Waals surface area contributed by atoms with Crippen molar-refractivity contribution in [2.45, 2.75) is 13.8 Å². The van der Waals surface area contributed by atoms with E-state index in [9.17, 15) is 0 Å². The number of aromatic nitrogens is 2. The molecule has 3 aromatic rings. The molecular weight excluding hydrogens is 312 g/mol. The summed E-state index contributed by atoms with van der Waals surface area (Å²) in [7, 11) is 2.08. The largest absolute Gasteiger partial charge is 0.369 e. The van der Waals surface area contributed by atoms with Gasteiger partial charge in [-0.25, -0.2) is 14.4 Å². The molecule has 2 aromatic heterocycles. The average molecular weight is 335 g/mol. The molecule has 0 aliphatic heterocycles. The van der Waals surface area contributed by atoms with E-state index in [1.807, 2.05) is 19.1 Å². The highest BCUT2D eigenvalue weighted by atomic mass is 15.3. The van der Waals surface area contributed by atoms with E-state index in [4.69, 9.17) is 5.73 Å². The molecule has 1 aromatic carbocycles. The van der Waals surface area contributed by atoms with Crippen LogP contribution in [0.25, 0.3) is 16.9 Å². The van der Waals surface area contributed by atoms with Crippen LogP contribution in [0.3, 0.4) is 0 Å². The van der Waals surface area contributed by atoms with Gasteiger partial charge in [0.15, 0.2) is 5.69 Å². The van der Waals surface area contributed by atoms with E-state index in [1.54, 1.807) is 6.21 Å². The highest BCUT2D eigenvalue weighted by Crippen LogP contribution is 2.20. The van der Waals surface area contributed by atoms with Crippen molar-refractivity contribution in [3.8, 4) is 11.3 Å². The minimum Gasteiger partial charge on any atom is -0.369 e. The Morgan fingerprint density at radius 1 is 1.28 bits per heavy atom. The Balaban J connectivity index is 1.82. The molecule has 0 amide bonds. The van der Waals surface area contributed by atoms with E-state index in [-0.39, 0.29) is 0 Å². The molecule has 0 unspecified atom stereocenters. The monoisotopic (exact) mass is 335 g/mol. The molecule has 0 radical (unpaired) electrons. The molecule has 128 valence electrons. The normalized spacial score (nSPS) is 12.2. The zero-order valence-corrected chi connectivity index (χ0v) is 14.8. The molecule has 0 saturated heterocycles. The van der Waals surface area contributed by atoms with Gasteiger partial charge in [-0.2, -0.15) is 5.10 Å². The topological polar surface area (TPSA) is 71.8 Å². The third-order valence-electron chi connectivity index (χ3n) is 4.01. The quantitative estimate of drug-likeness (QED) is 0.331. The number of nitrogens with two attached hydrogens (primary N) is 1. The molecule has 0 aliphatic rings. The van der Waals surface area contributed by atoms with Gasteiger partial charge < -0.3 is 5.73 Å². The lowest BCUT2D eigenvalue weighted by molar-refractivity contribution is -0.510. The number of imidazole rings is 1. The van der Waals surface area contributed by atoms with E-state index >= 15 is 0 Å². The zero-order valence-electron chi connectivity index (χ0n) is 14.8. The van der Waals surface area contributed by atoms with E-state index in [1.165, 1.54) is 5.56 Å².